The van der Waals surface area contributed by atoms with E-state index in [9.17, 15) is 4.79 Å². The minimum atomic E-state index is -0.176. The summed E-state index contributed by atoms with van der Waals surface area (Å²) in [4.78, 5) is 33.2. The van der Waals surface area contributed by atoms with Crippen molar-refractivity contribution in [1.29, 1.82) is 0 Å². The van der Waals surface area contributed by atoms with Crippen molar-refractivity contribution >= 4 is 33.8 Å². The third-order valence-electron chi connectivity index (χ3n) is 6.41. The molecule has 1 amide bonds. The molecule has 0 saturated heterocycles. The van der Waals surface area contributed by atoms with Crippen molar-refractivity contribution < 1.29 is 4.79 Å². The molecule has 0 spiro atoms. The van der Waals surface area contributed by atoms with Crippen LogP contribution in [0.3, 0.4) is 0 Å². The molecule has 0 radical (unpaired) electrons. The van der Waals surface area contributed by atoms with Crippen LogP contribution in [0.25, 0.3) is 33.5 Å². The van der Waals surface area contributed by atoms with Crippen LogP contribution in [0.1, 0.15) is 47.6 Å². The second-order valence-electron chi connectivity index (χ2n) is 8.53. The largest absolute Gasteiger partial charge is 0.383 e. The van der Waals surface area contributed by atoms with Gasteiger partial charge in [-0.3, -0.25) is 9.78 Å². The Kier molecular flexibility index (Phi) is 4.90. The molecule has 1 aromatic carbocycles. The Bertz CT molecular complexity index is 1500. The molecule has 1 aliphatic carbocycles. The van der Waals surface area contributed by atoms with E-state index in [0.29, 0.717) is 35.4 Å². The zero-order chi connectivity index (χ0) is 23.1. The Balaban J connectivity index is 1.25. The van der Waals surface area contributed by atoms with E-state index in [-0.39, 0.29) is 5.91 Å². The first-order valence-electron chi connectivity index (χ1n) is 11.3. The molecule has 5 aromatic rings. The third-order valence-corrected chi connectivity index (χ3v) is 6.41. The van der Waals surface area contributed by atoms with Crippen LogP contribution in [0.4, 0.5) is 5.82 Å². The van der Waals surface area contributed by atoms with Gasteiger partial charge in [-0.25, -0.2) is 19.6 Å². The number of nitrogen functional groups attached to an aromatic ring is 1. The van der Waals surface area contributed by atoms with Gasteiger partial charge in [0, 0.05) is 12.7 Å². The smallest absolute Gasteiger partial charge is 0.253 e. The van der Waals surface area contributed by atoms with E-state index in [4.69, 9.17) is 10.8 Å². The van der Waals surface area contributed by atoms with Crippen molar-refractivity contribution in [2.75, 3.05) is 5.73 Å². The maximum absolute atomic E-state index is 12.7. The van der Waals surface area contributed by atoms with Gasteiger partial charge in [0.15, 0.2) is 5.65 Å². The zero-order valence-corrected chi connectivity index (χ0v) is 18.4. The molecule has 10 heteroatoms. The summed E-state index contributed by atoms with van der Waals surface area (Å²) in [6, 6.07) is 9.60. The fraction of sp³-hybridized carbons (Fsp3) is 0.250. The van der Waals surface area contributed by atoms with Gasteiger partial charge in [0.05, 0.1) is 40.0 Å². The topological polar surface area (TPSA) is 140 Å². The number of pyridine rings is 1. The Morgan fingerprint density at radius 2 is 2.00 bits per heavy atom. The molecule has 34 heavy (non-hydrogen) atoms. The number of rotatable bonds is 5. The van der Waals surface area contributed by atoms with E-state index in [1.807, 2.05) is 28.9 Å². The minimum Gasteiger partial charge on any atom is -0.383 e. The summed E-state index contributed by atoms with van der Waals surface area (Å²) in [7, 11) is 0. The highest BCUT2D eigenvalue weighted by atomic mass is 16.1. The lowest BCUT2D eigenvalue weighted by Gasteiger charge is -2.10. The van der Waals surface area contributed by atoms with E-state index in [0.717, 1.165) is 40.5 Å². The molecule has 6 rings (SSSR count). The lowest BCUT2D eigenvalue weighted by molar-refractivity contribution is 0.0952. The van der Waals surface area contributed by atoms with Crippen LogP contribution in [0, 0.1) is 0 Å². The highest BCUT2D eigenvalue weighted by Crippen LogP contribution is 2.35. The molecule has 4 aromatic heterocycles. The van der Waals surface area contributed by atoms with Crippen molar-refractivity contribution in [3.63, 3.8) is 0 Å². The van der Waals surface area contributed by atoms with Crippen LogP contribution in [0.5, 0.6) is 0 Å². The highest BCUT2D eigenvalue weighted by Gasteiger charge is 2.25. The number of hydrogen-bond acceptors (Lipinski definition) is 7. The molecular weight excluding hydrogens is 430 g/mol. The number of nitrogens with two attached hydrogens (primary N) is 1. The predicted molar refractivity (Wildman–Crippen MR) is 128 cm³/mol. The van der Waals surface area contributed by atoms with E-state index in [1.165, 1.54) is 19.2 Å². The number of carbonyl (C=O) groups excluding carboxylic acids is 1. The van der Waals surface area contributed by atoms with Gasteiger partial charge < -0.3 is 16.0 Å². The van der Waals surface area contributed by atoms with Gasteiger partial charge >= 0.3 is 0 Å². The monoisotopic (exact) mass is 453 g/mol. The zero-order valence-electron chi connectivity index (χ0n) is 18.4. The van der Waals surface area contributed by atoms with Crippen molar-refractivity contribution in [2.24, 2.45) is 0 Å². The van der Waals surface area contributed by atoms with Crippen LogP contribution >= 0.6 is 0 Å². The fourth-order valence-corrected chi connectivity index (χ4v) is 4.68. The van der Waals surface area contributed by atoms with Crippen LogP contribution < -0.4 is 11.1 Å². The SMILES string of the molecule is Nc1ncnc2c1c(-c1ccc(CNC(=O)c3cccc4nc[nH]c34)cn1)nn2C1CCCC1. The maximum atomic E-state index is 12.7. The first-order valence-corrected chi connectivity index (χ1v) is 11.3. The average molecular weight is 454 g/mol. The van der Waals surface area contributed by atoms with Gasteiger partial charge in [0.2, 0.25) is 0 Å². The molecule has 4 heterocycles. The van der Waals surface area contributed by atoms with Crippen LogP contribution in [-0.4, -0.2) is 40.6 Å². The molecule has 0 unspecified atom stereocenters. The summed E-state index contributed by atoms with van der Waals surface area (Å²) in [6.45, 7) is 0.346. The standard InChI is InChI=1S/C24H23N9O/c25-22-19-21(32-33(15-4-1-2-5-15)23(19)31-13-30-22)18-9-8-14(10-26-18)11-27-24(34)16-6-3-7-17-20(16)29-12-28-17/h3,6-10,12-13,15H,1-2,4-5,11H2,(H,27,34)(H,28,29)(H2,25,30,31). The molecule has 0 bridgehead atoms. The summed E-state index contributed by atoms with van der Waals surface area (Å²) in [5.74, 6) is 0.223. The van der Waals surface area contributed by atoms with Crippen molar-refractivity contribution in [3.8, 4) is 11.4 Å². The molecule has 170 valence electrons. The number of fused-ring (bicyclic) bond motifs is 2. The number of aromatic amines is 1. The number of anilines is 1. The Morgan fingerprint density at radius 1 is 1.12 bits per heavy atom. The Morgan fingerprint density at radius 3 is 2.82 bits per heavy atom. The summed E-state index contributed by atoms with van der Waals surface area (Å²) in [5, 5.41) is 8.54. The van der Waals surface area contributed by atoms with Crippen LogP contribution in [0.2, 0.25) is 0 Å². The minimum absolute atomic E-state index is 0.176. The molecule has 0 atom stereocenters. The number of H-pyrrole nitrogens is 1. The summed E-state index contributed by atoms with van der Waals surface area (Å²) in [6.07, 6.45) is 9.35. The average Bonchev–Trinajstić information content (AvgIpc) is 3.62. The molecule has 10 nitrogen and oxygen atoms in total. The molecule has 1 aliphatic rings. The van der Waals surface area contributed by atoms with Gasteiger partial charge in [-0.2, -0.15) is 5.10 Å². The summed E-state index contributed by atoms with van der Waals surface area (Å²) in [5.41, 5.74) is 11.2. The lowest BCUT2D eigenvalue weighted by atomic mass is 10.1. The van der Waals surface area contributed by atoms with E-state index < -0.39 is 0 Å². The highest BCUT2D eigenvalue weighted by molar-refractivity contribution is 6.04. The van der Waals surface area contributed by atoms with Crippen molar-refractivity contribution in [1.82, 2.24) is 40.0 Å². The molecule has 1 fully saturated rings. The third kappa shape index (κ3) is 3.43. The maximum Gasteiger partial charge on any atom is 0.253 e. The van der Waals surface area contributed by atoms with Gasteiger partial charge in [-0.15, -0.1) is 0 Å². The quantitative estimate of drug-likeness (QED) is 0.370. The van der Waals surface area contributed by atoms with Crippen molar-refractivity contribution in [3.05, 3.63) is 60.3 Å². The first-order chi connectivity index (χ1) is 16.7. The number of aromatic nitrogens is 7. The summed E-state index contributed by atoms with van der Waals surface area (Å²) >= 11 is 0. The van der Waals surface area contributed by atoms with E-state index >= 15 is 0 Å². The molecule has 4 N–H and O–H groups in total. The number of nitrogens with zero attached hydrogens (tertiary/aromatic N) is 6. The normalized spacial score (nSPS) is 14.2. The number of carbonyl (C=O) groups is 1. The number of nitrogens with one attached hydrogen (secondary N) is 2. The molecular formula is C24H23N9O. The first kappa shape index (κ1) is 20.3. The fourth-order valence-electron chi connectivity index (χ4n) is 4.68. The predicted octanol–water partition coefficient (Wildman–Crippen LogP) is 3.39. The van der Waals surface area contributed by atoms with E-state index in [2.05, 4.69) is 30.2 Å². The van der Waals surface area contributed by atoms with Crippen LogP contribution in [-0.2, 0) is 6.54 Å². The number of benzene rings is 1. The van der Waals surface area contributed by atoms with Gasteiger partial charge in [0.25, 0.3) is 5.91 Å². The summed E-state index contributed by atoms with van der Waals surface area (Å²) < 4.78 is 1.99. The Hall–Kier alpha value is -4.34. The number of hydrogen-bond donors (Lipinski definition) is 3. The molecule has 0 aliphatic heterocycles. The van der Waals surface area contributed by atoms with Gasteiger partial charge in [0.1, 0.15) is 17.8 Å². The lowest BCUT2D eigenvalue weighted by Crippen LogP contribution is -2.23. The van der Waals surface area contributed by atoms with Crippen molar-refractivity contribution in [2.45, 2.75) is 38.3 Å². The number of para-hydroxylation sites is 1. The van der Waals surface area contributed by atoms with Gasteiger partial charge in [-0.1, -0.05) is 25.0 Å². The Labute approximate surface area is 194 Å². The number of imidazole rings is 1. The van der Waals surface area contributed by atoms with Gasteiger partial charge in [-0.05, 0) is 36.6 Å². The second-order valence-corrected chi connectivity index (χ2v) is 8.53. The molecule has 1 saturated carbocycles. The van der Waals surface area contributed by atoms with Crippen LogP contribution in [0.15, 0.2) is 49.2 Å². The number of amides is 1. The second kappa shape index (κ2) is 8.22. The van der Waals surface area contributed by atoms with E-state index in [1.54, 1.807) is 18.6 Å².